The highest BCUT2D eigenvalue weighted by Crippen LogP contribution is 2.19. The van der Waals surface area contributed by atoms with Gasteiger partial charge < -0.3 is 15.8 Å². The van der Waals surface area contributed by atoms with Gasteiger partial charge in [-0.3, -0.25) is 4.79 Å². The Labute approximate surface area is 124 Å². The number of amides is 1. The van der Waals surface area contributed by atoms with Crippen molar-refractivity contribution in [1.82, 2.24) is 5.32 Å². The molecule has 4 heteroatoms. The molecule has 21 heavy (non-hydrogen) atoms. The first-order valence-electron chi connectivity index (χ1n) is 6.89. The van der Waals surface area contributed by atoms with Crippen LogP contribution < -0.4 is 15.8 Å². The van der Waals surface area contributed by atoms with Crippen molar-refractivity contribution >= 4 is 11.6 Å². The van der Waals surface area contributed by atoms with E-state index >= 15 is 0 Å². The molecule has 1 amide bonds. The number of rotatable bonds is 5. The van der Waals surface area contributed by atoms with E-state index in [-0.39, 0.29) is 11.9 Å². The van der Waals surface area contributed by atoms with E-state index < -0.39 is 0 Å². The maximum absolute atomic E-state index is 12.2. The van der Waals surface area contributed by atoms with Gasteiger partial charge in [-0.2, -0.15) is 0 Å². The summed E-state index contributed by atoms with van der Waals surface area (Å²) in [6, 6.07) is 14.8. The molecule has 0 heterocycles. The second-order valence-corrected chi connectivity index (χ2v) is 4.98. The molecule has 0 radical (unpaired) electrons. The molecule has 1 atom stereocenters. The van der Waals surface area contributed by atoms with Crippen LogP contribution >= 0.6 is 0 Å². The second kappa shape index (κ2) is 6.79. The molecule has 0 fully saturated rings. The number of carbonyl (C=O) groups is 1. The third kappa shape index (κ3) is 3.75. The lowest BCUT2D eigenvalue weighted by atomic mass is 10.1. The first-order chi connectivity index (χ1) is 10.1. The molecular weight excluding hydrogens is 264 g/mol. The molecule has 0 spiro atoms. The Morgan fingerprint density at radius 3 is 2.57 bits per heavy atom. The van der Waals surface area contributed by atoms with Crippen LogP contribution in [0.3, 0.4) is 0 Å². The van der Waals surface area contributed by atoms with Crippen molar-refractivity contribution in [3.63, 3.8) is 0 Å². The Morgan fingerprint density at radius 1 is 1.19 bits per heavy atom. The molecule has 3 N–H and O–H groups in total. The van der Waals surface area contributed by atoms with Crippen molar-refractivity contribution in [1.29, 1.82) is 0 Å². The van der Waals surface area contributed by atoms with E-state index in [0.717, 1.165) is 11.3 Å². The van der Waals surface area contributed by atoms with Gasteiger partial charge in [0.15, 0.2) is 0 Å². The van der Waals surface area contributed by atoms with E-state index in [4.69, 9.17) is 10.5 Å². The van der Waals surface area contributed by atoms with Gasteiger partial charge >= 0.3 is 0 Å². The van der Waals surface area contributed by atoms with E-state index in [0.29, 0.717) is 17.7 Å². The highest BCUT2D eigenvalue weighted by Gasteiger charge is 2.13. The second-order valence-electron chi connectivity index (χ2n) is 4.98. The molecule has 1 unspecified atom stereocenters. The van der Waals surface area contributed by atoms with E-state index in [9.17, 15) is 4.79 Å². The maximum atomic E-state index is 12.2. The largest absolute Gasteiger partial charge is 0.496 e. The third-order valence-corrected chi connectivity index (χ3v) is 3.30. The fraction of sp³-hybridized carbons (Fsp3) is 0.235. The molecular formula is C17H20N2O2. The minimum absolute atomic E-state index is 0.0200. The monoisotopic (exact) mass is 284 g/mol. The topological polar surface area (TPSA) is 64.3 Å². The van der Waals surface area contributed by atoms with Crippen LogP contribution in [0.1, 0.15) is 22.8 Å². The van der Waals surface area contributed by atoms with E-state index in [1.54, 1.807) is 25.3 Å². The van der Waals surface area contributed by atoms with Crippen molar-refractivity contribution in [2.24, 2.45) is 0 Å². The average molecular weight is 284 g/mol. The lowest BCUT2D eigenvalue weighted by Gasteiger charge is -2.16. The number of benzene rings is 2. The van der Waals surface area contributed by atoms with Gasteiger partial charge in [-0.15, -0.1) is 0 Å². The minimum Gasteiger partial charge on any atom is -0.496 e. The number of nitrogens with two attached hydrogens (primary N) is 1. The van der Waals surface area contributed by atoms with Crippen LogP contribution in [0.5, 0.6) is 5.75 Å². The van der Waals surface area contributed by atoms with Gasteiger partial charge in [-0.05, 0) is 37.1 Å². The van der Waals surface area contributed by atoms with Crippen LogP contribution in [0.4, 0.5) is 5.69 Å². The molecule has 0 aliphatic heterocycles. The normalized spacial score (nSPS) is 11.7. The number of carbonyl (C=O) groups excluding carboxylic acids is 1. The number of methoxy groups -OCH3 is 1. The summed E-state index contributed by atoms with van der Waals surface area (Å²) in [6.45, 7) is 1.96. The van der Waals surface area contributed by atoms with Crippen LogP contribution in [0.2, 0.25) is 0 Å². The number of nitrogen functional groups attached to an aromatic ring is 1. The maximum Gasteiger partial charge on any atom is 0.253 e. The Morgan fingerprint density at radius 2 is 1.86 bits per heavy atom. The molecule has 0 bridgehead atoms. The fourth-order valence-corrected chi connectivity index (χ4v) is 2.26. The molecule has 0 saturated heterocycles. The van der Waals surface area contributed by atoms with Gasteiger partial charge in [-0.1, -0.05) is 30.3 Å². The zero-order chi connectivity index (χ0) is 15.2. The summed E-state index contributed by atoms with van der Waals surface area (Å²) in [5, 5.41) is 2.96. The van der Waals surface area contributed by atoms with Gasteiger partial charge in [0.1, 0.15) is 5.75 Å². The van der Waals surface area contributed by atoms with Crippen LogP contribution in [-0.4, -0.2) is 19.1 Å². The average Bonchev–Trinajstić information content (AvgIpc) is 2.48. The number of nitrogens with one attached hydrogen (secondary N) is 1. The number of hydrogen-bond donors (Lipinski definition) is 2. The summed E-state index contributed by atoms with van der Waals surface area (Å²) in [6.07, 6.45) is 0.697. The Balaban J connectivity index is 2.03. The number of para-hydroxylation sites is 2. The molecule has 2 aromatic carbocycles. The minimum atomic E-state index is -0.157. The highest BCUT2D eigenvalue weighted by molar-refractivity contribution is 5.99. The molecule has 2 aromatic rings. The Bertz CT molecular complexity index is 626. The van der Waals surface area contributed by atoms with Crippen molar-refractivity contribution < 1.29 is 9.53 Å². The number of anilines is 1. The van der Waals surface area contributed by atoms with E-state index in [1.165, 1.54) is 0 Å². The van der Waals surface area contributed by atoms with Gasteiger partial charge in [0.2, 0.25) is 0 Å². The van der Waals surface area contributed by atoms with E-state index in [1.807, 2.05) is 37.3 Å². The standard InChI is InChI=1S/C17H20N2O2/c1-12(11-13-7-3-6-10-16(13)21-2)19-17(20)14-8-4-5-9-15(14)18/h3-10,12H,11,18H2,1-2H3,(H,19,20). The van der Waals surface area contributed by atoms with Crippen LogP contribution in [0.25, 0.3) is 0 Å². The van der Waals surface area contributed by atoms with Gasteiger partial charge in [-0.25, -0.2) is 0 Å². The first-order valence-corrected chi connectivity index (χ1v) is 6.89. The lowest BCUT2D eigenvalue weighted by molar-refractivity contribution is 0.0941. The zero-order valence-corrected chi connectivity index (χ0v) is 12.3. The molecule has 2 rings (SSSR count). The number of hydrogen-bond acceptors (Lipinski definition) is 3. The smallest absolute Gasteiger partial charge is 0.253 e. The predicted molar refractivity (Wildman–Crippen MR) is 84.5 cm³/mol. The van der Waals surface area contributed by atoms with Crippen molar-refractivity contribution in [3.8, 4) is 5.75 Å². The summed E-state index contributed by atoms with van der Waals surface area (Å²) in [4.78, 5) is 12.2. The van der Waals surface area contributed by atoms with Crippen LogP contribution in [0.15, 0.2) is 48.5 Å². The molecule has 110 valence electrons. The molecule has 0 saturated carbocycles. The lowest BCUT2D eigenvalue weighted by Crippen LogP contribution is -2.34. The van der Waals surface area contributed by atoms with Crippen molar-refractivity contribution in [3.05, 3.63) is 59.7 Å². The molecule has 0 aliphatic rings. The van der Waals surface area contributed by atoms with Crippen molar-refractivity contribution in [2.45, 2.75) is 19.4 Å². The molecule has 4 nitrogen and oxygen atoms in total. The number of ether oxygens (including phenoxy) is 1. The fourth-order valence-electron chi connectivity index (χ4n) is 2.26. The molecule has 0 aliphatic carbocycles. The quantitative estimate of drug-likeness (QED) is 0.830. The summed E-state index contributed by atoms with van der Waals surface area (Å²) in [7, 11) is 1.65. The first kappa shape index (κ1) is 14.9. The van der Waals surface area contributed by atoms with Gasteiger partial charge in [0.25, 0.3) is 5.91 Å². The summed E-state index contributed by atoms with van der Waals surface area (Å²) in [5.41, 5.74) is 7.87. The zero-order valence-electron chi connectivity index (χ0n) is 12.3. The molecule has 0 aromatic heterocycles. The van der Waals surface area contributed by atoms with Crippen LogP contribution in [0, 0.1) is 0 Å². The van der Waals surface area contributed by atoms with Gasteiger partial charge in [0, 0.05) is 11.7 Å². The Kier molecular flexibility index (Phi) is 4.82. The van der Waals surface area contributed by atoms with Crippen LogP contribution in [-0.2, 0) is 6.42 Å². The third-order valence-electron chi connectivity index (χ3n) is 3.30. The van der Waals surface area contributed by atoms with Crippen molar-refractivity contribution in [2.75, 3.05) is 12.8 Å². The van der Waals surface area contributed by atoms with E-state index in [2.05, 4.69) is 5.32 Å². The predicted octanol–water partition coefficient (Wildman–Crippen LogP) is 2.64. The SMILES string of the molecule is COc1ccccc1CC(C)NC(=O)c1ccccc1N. The van der Waals surface area contributed by atoms with Gasteiger partial charge in [0.05, 0.1) is 12.7 Å². The summed E-state index contributed by atoms with van der Waals surface area (Å²) < 4.78 is 5.32. The summed E-state index contributed by atoms with van der Waals surface area (Å²) >= 11 is 0. The Hall–Kier alpha value is -2.49. The highest BCUT2D eigenvalue weighted by atomic mass is 16.5. The summed E-state index contributed by atoms with van der Waals surface area (Å²) in [5.74, 6) is 0.674.